The first-order chi connectivity index (χ1) is 15.9. The molecule has 1 unspecified atom stereocenters. The number of aromatic nitrogens is 2. The van der Waals surface area contributed by atoms with Gasteiger partial charge in [0.25, 0.3) is 5.91 Å². The number of hydrogen-bond donors (Lipinski definition) is 3. The molecule has 3 aromatic rings. The molecule has 1 amide bonds. The molecule has 1 aliphatic rings. The molecule has 1 aliphatic heterocycles. The highest BCUT2D eigenvalue weighted by molar-refractivity contribution is 6.07. The van der Waals surface area contributed by atoms with Crippen molar-refractivity contribution in [3.63, 3.8) is 0 Å². The van der Waals surface area contributed by atoms with Crippen LogP contribution in [0, 0.1) is 23.4 Å². The largest absolute Gasteiger partial charge is 0.491 e. The van der Waals surface area contributed by atoms with E-state index in [4.69, 9.17) is 10.5 Å². The van der Waals surface area contributed by atoms with Gasteiger partial charge in [-0.05, 0) is 31.5 Å². The Morgan fingerprint density at radius 2 is 1.97 bits per heavy atom. The molecule has 4 rings (SSSR count). The Morgan fingerprint density at radius 3 is 2.68 bits per heavy atom. The first-order valence-electron chi connectivity index (χ1n) is 10.4. The van der Waals surface area contributed by atoms with Crippen LogP contribution in [0.4, 0.5) is 24.5 Å². The average molecular weight is 494 g/mol. The standard InChI is InChI=1S/C23H22F3N5O2.ClH/c24-14-4-1-5-15(25)20(14)21-16(26)9-17(27)22(31-21)23(32)30-18-11-29-8-6-19(18)33-12-13-3-2-7-28-10-13;/h1,4-6,8-9,11,13,28H,2-3,7,10,12,27H2,(H,30,32);1H. The summed E-state index contributed by atoms with van der Waals surface area (Å²) < 4.78 is 48.7. The number of anilines is 2. The maximum atomic E-state index is 14.5. The van der Waals surface area contributed by atoms with E-state index in [-0.39, 0.29) is 29.5 Å². The zero-order valence-corrected chi connectivity index (χ0v) is 18.8. The highest BCUT2D eigenvalue weighted by Gasteiger charge is 2.23. The summed E-state index contributed by atoms with van der Waals surface area (Å²) in [7, 11) is 0. The van der Waals surface area contributed by atoms with Crippen molar-refractivity contribution in [1.29, 1.82) is 0 Å². The minimum atomic E-state index is -1.06. The molecule has 4 N–H and O–H groups in total. The molecule has 34 heavy (non-hydrogen) atoms. The van der Waals surface area contributed by atoms with Gasteiger partial charge in [0.1, 0.15) is 28.8 Å². The number of rotatable bonds is 6. The first-order valence-corrected chi connectivity index (χ1v) is 10.4. The molecule has 0 saturated carbocycles. The molecule has 0 spiro atoms. The van der Waals surface area contributed by atoms with Crippen molar-refractivity contribution in [2.75, 3.05) is 30.7 Å². The van der Waals surface area contributed by atoms with E-state index >= 15 is 0 Å². The lowest BCUT2D eigenvalue weighted by molar-refractivity contribution is 0.102. The molecule has 3 heterocycles. The van der Waals surface area contributed by atoms with E-state index in [9.17, 15) is 18.0 Å². The predicted molar refractivity (Wildman–Crippen MR) is 124 cm³/mol. The SMILES string of the molecule is Cl.Nc1cc(F)c(-c2c(F)cccc2F)nc1C(=O)Nc1cnccc1OCC1CCCNC1. The summed E-state index contributed by atoms with van der Waals surface area (Å²) in [5, 5.41) is 5.90. The Labute approximate surface area is 200 Å². The third kappa shape index (κ3) is 5.57. The molecule has 0 radical (unpaired) electrons. The number of nitrogens with two attached hydrogens (primary N) is 1. The molecule has 1 aromatic carbocycles. The van der Waals surface area contributed by atoms with Gasteiger partial charge in [0.2, 0.25) is 0 Å². The summed E-state index contributed by atoms with van der Waals surface area (Å²) in [5.74, 6) is -3.16. The van der Waals surface area contributed by atoms with Crippen LogP contribution in [-0.2, 0) is 0 Å². The number of carbonyl (C=O) groups excluding carboxylic acids is 1. The Hall–Kier alpha value is -3.37. The van der Waals surface area contributed by atoms with Crippen molar-refractivity contribution >= 4 is 29.7 Å². The molecule has 11 heteroatoms. The van der Waals surface area contributed by atoms with Crippen LogP contribution in [-0.4, -0.2) is 35.6 Å². The molecule has 7 nitrogen and oxygen atoms in total. The van der Waals surface area contributed by atoms with Crippen LogP contribution in [0.1, 0.15) is 23.3 Å². The Morgan fingerprint density at radius 1 is 1.21 bits per heavy atom. The van der Waals surface area contributed by atoms with Gasteiger partial charge in [-0.1, -0.05) is 6.07 Å². The van der Waals surface area contributed by atoms with Crippen molar-refractivity contribution in [1.82, 2.24) is 15.3 Å². The van der Waals surface area contributed by atoms with Gasteiger partial charge in [0, 0.05) is 30.8 Å². The van der Waals surface area contributed by atoms with Crippen molar-refractivity contribution in [3.8, 4) is 17.0 Å². The van der Waals surface area contributed by atoms with E-state index in [1.165, 1.54) is 12.4 Å². The Balaban J connectivity index is 0.00000324. The van der Waals surface area contributed by atoms with Crippen molar-refractivity contribution < 1.29 is 22.7 Å². The zero-order valence-electron chi connectivity index (χ0n) is 18.0. The molecule has 1 fully saturated rings. The van der Waals surface area contributed by atoms with Crippen molar-refractivity contribution in [3.05, 3.63) is 65.9 Å². The van der Waals surface area contributed by atoms with E-state index in [0.717, 1.165) is 50.2 Å². The van der Waals surface area contributed by atoms with Gasteiger partial charge in [0.05, 0.1) is 24.1 Å². The number of nitrogen functional groups attached to an aromatic ring is 1. The summed E-state index contributed by atoms with van der Waals surface area (Å²) in [6, 6.07) is 5.49. The zero-order chi connectivity index (χ0) is 23.4. The van der Waals surface area contributed by atoms with E-state index in [1.807, 2.05) is 0 Å². The number of amides is 1. The molecule has 0 bridgehead atoms. The Kier molecular flexibility index (Phi) is 8.30. The second-order valence-corrected chi connectivity index (χ2v) is 7.70. The Bertz CT molecular complexity index is 1160. The van der Waals surface area contributed by atoms with Gasteiger partial charge in [-0.2, -0.15) is 0 Å². The number of ether oxygens (including phenoxy) is 1. The van der Waals surface area contributed by atoms with Crippen LogP contribution >= 0.6 is 12.4 Å². The fourth-order valence-electron chi connectivity index (χ4n) is 3.64. The minimum absolute atomic E-state index is 0. The summed E-state index contributed by atoms with van der Waals surface area (Å²) in [6.07, 6.45) is 5.01. The van der Waals surface area contributed by atoms with Crippen LogP contribution in [0.5, 0.6) is 5.75 Å². The van der Waals surface area contributed by atoms with Gasteiger partial charge in [0.15, 0.2) is 11.5 Å². The van der Waals surface area contributed by atoms with Crippen LogP contribution in [0.25, 0.3) is 11.3 Å². The highest BCUT2D eigenvalue weighted by atomic mass is 35.5. The number of benzene rings is 1. The van der Waals surface area contributed by atoms with Crippen LogP contribution in [0.2, 0.25) is 0 Å². The van der Waals surface area contributed by atoms with E-state index in [2.05, 4.69) is 20.6 Å². The maximum Gasteiger partial charge on any atom is 0.276 e. The van der Waals surface area contributed by atoms with Gasteiger partial charge in [-0.25, -0.2) is 18.2 Å². The summed E-state index contributed by atoms with van der Waals surface area (Å²) in [6.45, 7) is 2.28. The summed E-state index contributed by atoms with van der Waals surface area (Å²) in [4.78, 5) is 20.7. The number of nitrogens with zero attached hydrogens (tertiary/aromatic N) is 2. The number of pyridine rings is 2. The average Bonchev–Trinajstić information content (AvgIpc) is 2.80. The van der Waals surface area contributed by atoms with Gasteiger partial charge in [-0.3, -0.25) is 9.78 Å². The quantitative estimate of drug-likeness (QED) is 0.476. The maximum absolute atomic E-state index is 14.5. The monoisotopic (exact) mass is 493 g/mol. The highest BCUT2D eigenvalue weighted by Crippen LogP contribution is 2.30. The topological polar surface area (TPSA) is 102 Å². The van der Waals surface area contributed by atoms with Gasteiger partial charge >= 0.3 is 0 Å². The third-order valence-corrected chi connectivity index (χ3v) is 5.32. The number of piperidine rings is 1. The van der Waals surface area contributed by atoms with E-state index < -0.39 is 34.6 Å². The smallest absolute Gasteiger partial charge is 0.276 e. The van der Waals surface area contributed by atoms with E-state index in [0.29, 0.717) is 18.3 Å². The van der Waals surface area contributed by atoms with Gasteiger partial charge in [-0.15, -0.1) is 12.4 Å². The number of nitrogens with one attached hydrogen (secondary N) is 2. The minimum Gasteiger partial charge on any atom is -0.491 e. The molecular weight excluding hydrogens is 471 g/mol. The number of hydrogen-bond acceptors (Lipinski definition) is 6. The van der Waals surface area contributed by atoms with Crippen LogP contribution in [0.15, 0.2) is 42.7 Å². The number of halogens is 4. The summed E-state index contributed by atoms with van der Waals surface area (Å²) >= 11 is 0. The van der Waals surface area contributed by atoms with Gasteiger partial charge < -0.3 is 21.1 Å². The first kappa shape index (κ1) is 25.3. The lowest BCUT2D eigenvalue weighted by Gasteiger charge is -2.23. The normalized spacial score (nSPS) is 15.3. The molecule has 1 saturated heterocycles. The molecule has 1 atom stereocenters. The van der Waals surface area contributed by atoms with E-state index in [1.54, 1.807) is 6.07 Å². The summed E-state index contributed by atoms with van der Waals surface area (Å²) in [5.41, 5.74) is 4.03. The number of carbonyl (C=O) groups is 1. The predicted octanol–water partition coefficient (Wildman–Crippen LogP) is 4.20. The molecule has 180 valence electrons. The molecule has 0 aliphatic carbocycles. The molecular formula is C23H23ClF3N5O2. The van der Waals surface area contributed by atoms with Crippen molar-refractivity contribution in [2.45, 2.75) is 12.8 Å². The van der Waals surface area contributed by atoms with Crippen LogP contribution < -0.4 is 21.1 Å². The van der Waals surface area contributed by atoms with Crippen LogP contribution in [0.3, 0.4) is 0 Å². The van der Waals surface area contributed by atoms with Crippen molar-refractivity contribution in [2.24, 2.45) is 5.92 Å². The fraction of sp³-hybridized carbons (Fsp3) is 0.261. The third-order valence-electron chi connectivity index (χ3n) is 5.32. The second-order valence-electron chi connectivity index (χ2n) is 7.70. The lowest BCUT2D eigenvalue weighted by Crippen LogP contribution is -2.33. The second kappa shape index (κ2) is 11.2. The molecule has 2 aromatic heterocycles. The lowest BCUT2D eigenvalue weighted by atomic mass is 10.0. The fourth-order valence-corrected chi connectivity index (χ4v) is 3.64.